The van der Waals surface area contributed by atoms with Crippen LogP contribution < -0.4 is 0 Å². The zero-order valence-corrected chi connectivity index (χ0v) is 8.31. The molecular weight excluding hydrogens is 235 g/mol. The van der Waals surface area contributed by atoms with Gasteiger partial charge in [0.25, 0.3) is 0 Å². The molecule has 1 aromatic heterocycles. The molecule has 0 aliphatic carbocycles. The summed E-state index contributed by atoms with van der Waals surface area (Å²) >= 11 is 0. The van der Waals surface area contributed by atoms with Crippen molar-refractivity contribution in [3.8, 4) is 17.0 Å². The monoisotopic (exact) mass is 241 g/mol. The fourth-order valence-electron chi connectivity index (χ4n) is 1.30. The second-order valence-corrected chi connectivity index (χ2v) is 3.22. The first-order chi connectivity index (χ1) is 7.98. The van der Waals surface area contributed by atoms with Gasteiger partial charge in [-0.3, -0.25) is 0 Å². The van der Waals surface area contributed by atoms with Crippen molar-refractivity contribution in [2.45, 2.75) is 6.18 Å². The standard InChI is InChI=1S/C10H6F3N3O/c11-10(12,13)6-1-2-7(9(17)3-6)8-4-14-5-15-16-8/h1-5,17H. The van der Waals surface area contributed by atoms with E-state index in [9.17, 15) is 18.3 Å². The topological polar surface area (TPSA) is 58.9 Å². The van der Waals surface area contributed by atoms with Crippen LogP contribution in [0, 0.1) is 0 Å². The largest absolute Gasteiger partial charge is 0.507 e. The van der Waals surface area contributed by atoms with E-state index in [1.807, 2.05) is 0 Å². The molecular formula is C10H6F3N3O. The molecule has 1 N–H and O–H groups in total. The minimum absolute atomic E-state index is 0.151. The Hall–Kier alpha value is -2.18. The van der Waals surface area contributed by atoms with Crippen LogP contribution in [0.15, 0.2) is 30.7 Å². The Morgan fingerprint density at radius 2 is 1.94 bits per heavy atom. The van der Waals surface area contributed by atoms with Gasteiger partial charge in [0, 0.05) is 5.56 Å². The van der Waals surface area contributed by atoms with Crippen molar-refractivity contribution in [2.24, 2.45) is 0 Å². The summed E-state index contributed by atoms with van der Waals surface area (Å²) in [5.41, 5.74) is -0.562. The lowest BCUT2D eigenvalue weighted by molar-refractivity contribution is -0.137. The highest BCUT2D eigenvalue weighted by Gasteiger charge is 2.31. The second kappa shape index (κ2) is 4.00. The molecule has 0 bridgehead atoms. The van der Waals surface area contributed by atoms with Gasteiger partial charge in [-0.1, -0.05) is 0 Å². The predicted octanol–water partition coefficient (Wildman–Crippen LogP) is 2.26. The third-order valence-electron chi connectivity index (χ3n) is 2.08. The van der Waals surface area contributed by atoms with E-state index in [2.05, 4.69) is 15.2 Å². The Morgan fingerprint density at radius 3 is 2.47 bits per heavy atom. The second-order valence-electron chi connectivity index (χ2n) is 3.22. The van der Waals surface area contributed by atoms with E-state index < -0.39 is 17.5 Å². The molecule has 7 heteroatoms. The quantitative estimate of drug-likeness (QED) is 0.831. The number of nitrogens with zero attached hydrogens (tertiary/aromatic N) is 3. The van der Waals surface area contributed by atoms with E-state index in [0.717, 1.165) is 12.1 Å². The Bertz CT molecular complexity index is 528. The molecule has 88 valence electrons. The molecule has 0 radical (unpaired) electrons. The van der Waals surface area contributed by atoms with E-state index in [1.165, 1.54) is 12.5 Å². The number of phenolic OH excluding ortho intramolecular Hbond substituents is 1. The van der Waals surface area contributed by atoms with Crippen LogP contribution in [0.4, 0.5) is 13.2 Å². The summed E-state index contributed by atoms with van der Waals surface area (Å²) in [5, 5.41) is 16.6. The van der Waals surface area contributed by atoms with Crippen molar-refractivity contribution in [2.75, 3.05) is 0 Å². The summed E-state index contributed by atoms with van der Waals surface area (Å²) in [6, 6.07) is 2.64. The molecule has 1 heterocycles. The maximum absolute atomic E-state index is 12.4. The van der Waals surface area contributed by atoms with Crippen molar-refractivity contribution in [1.29, 1.82) is 0 Å². The Kier molecular flexibility index (Phi) is 2.66. The first-order valence-electron chi connectivity index (χ1n) is 4.52. The third-order valence-corrected chi connectivity index (χ3v) is 2.08. The predicted molar refractivity (Wildman–Crippen MR) is 51.9 cm³/mol. The molecule has 0 saturated heterocycles. The highest BCUT2D eigenvalue weighted by atomic mass is 19.4. The molecule has 0 atom stereocenters. The van der Waals surface area contributed by atoms with E-state index in [4.69, 9.17) is 0 Å². The number of benzene rings is 1. The smallest absolute Gasteiger partial charge is 0.416 e. The van der Waals surface area contributed by atoms with Gasteiger partial charge in [0.1, 0.15) is 17.8 Å². The number of halogens is 3. The fraction of sp³-hybridized carbons (Fsp3) is 0.100. The molecule has 0 unspecified atom stereocenters. The van der Waals surface area contributed by atoms with Gasteiger partial charge in [0.2, 0.25) is 0 Å². The van der Waals surface area contributed by atoms with Gasteiger partial charge < -0.3 is 5.11 Å². The number of aromatic hydroxyl groups is 1. The number of rotatable bonds is 1. The lowest BCUT2D eigenvalue weighted by atomic mass is 10.1. The zero-order chi connectivity index (χ0) is 12.5. The average Bonchev–Trinajstić information content (AvgIpc) is 2.29. The first-order valence-corrected chi connectivity index (χ1v) is 4.52. The molecule has 0 aliphatic rings. The van der Waals surface area contributed by atoms with Crippen LogP contribution in [0.5, 0.6) is 5.75 Å². The number of alkyl halides is 3. The molecule has 1 aromatic carbocycles. The molecule has 2 rings (SSSR count). The maximum atomic E-state index is 12.4. The van der Waals surface area contributed by atoms with Gasteiger partial charge >= 0.3 is 6.18 Å². The molecule has 0 fully saturated rings. The molecule has 17 heavy (non-hydrogen) atoms. The summed E-state index contributed by atoms with van der Waals surface area (Å²) in [6.07, 6.45) is -2.00. The third kappa shape index (κ3) is 2.32. The number of phenols is 1. The SMILES string of the molecule is Oc1cc(C(F)(F)F)ccc1-c1cncnn1. The highest BCUT2D eigenvalue weighted by Crippen LogP contribution is 2.35. The van der Waals surface area contributed by atoms with Gasteiger partial charge in [-0.25, -0.2) is 4.98 Å². The minimum Gasteiger partial charge on any atom is -0.507 e. The minimum atomic E-state index is -4.49. The molecule has 0 spiro atoms. The summed E-state index contributed by atoms with van der Waals surface area (Å²) in [5.74, 6) is -0.512. The van der Waals surface area contributed by atoms with Gasteiger partial charge in [-0.05, 0) is 18.2 Å². The number of aromatic nitrogens is 3. The Morgan fingerprint density at radius 1 is 1.18 bits per heavy atom. The van der Waals surface area contributed by atoms with E-state index >= 15 is 0 Å². The van der Waals surface area contributed by atoms with Crippen molar-refractivity contribution in [3.05, 3.63) is 36.3 Å². The molecule has 2 aromatic rings. The number of hydrogen-bond donors (Lipinski definition) is 1. The summed E-state index contributed by atoms with van der Waals surface area (Å²) in [4.78, 5) is 3.67. The zero-order valence-electron chi connectivity index (χ0n) is 8.31. The normalized spacial score (nSPS) is 11.5. The van der Waals surface area contributed by atoms with Crippen molar-refractivity contribution >= 4 is 0 Å². The van der Waals surface area contributed by atoms with Crippen LogP contribution in [-0.4, -0.2) is 20.3 Å². The van der Waals surface area contributed by atoms with E-state index in [1.54, 1.807) is 0 Å². The molecule has 4 nitrogen and oxygen atoms in total. The van der Waals surface area contributed by atoms with E-state index in [-0.39, 0.29) is 11.3 Å². The van der Waals surface area contributed by atoms with E-state index in [0.29, 0.717) is 6.07 Å². The fourth-order valence-corrected chi connectivity index (χ4v) is 1.30. The Balaban J connectivity index is 2.46. The molecule has 0 saturated carbocycles. The first kappa shape index (κ1) is 11.3. The molecule has 0 amide bonds. The Labute approximate surface area is 93.8 Å². The summed E-state index contributed by atoms with van der Waals surface area (Å²) in [6.45, 7) is 0. The van der Waals surface area contributed by atoms with Crippen LogP contribution in [0.2, 0.25) is 0 Å². The van der Waals surface area contributed by atoms with Crippen LogP contribution >= 0.6 is 0 Å². The van der Waals surface area contributed by atoms with Crippen molar-refractivity contribution in [1.82, 2.24) is 15.2 Å². The van der Waals surface area contributed by atoms with Gasteiger partial charge in [-0.2, -0.15) is 13.2 Å². The van der Waals surface area contributed by atoms with Gasteiger partial charge in [0.15, 0.2) is 0 Å². The summed E-state index contributed by atoms with van der Waals surface area (Å²) < 4.78 is 37.1. The summed E-state index contributed by atoms with van der Waals surface area (Å²) in [7, 11) is 0. The van der Waals surface area contributed by atoms with Crippen LogP contribution in [-0.2, 0) is 6.18 Å². The van der Waals surface area contributed by atoms with Crippen molar-refractivity contribution < 1.29 is 18.3 Å². The highest BCUT2D eigenvalue weighted by molar-refractivity contribution is 5.66. The lowest BCUT2D eigenvalue weighted by Crippen LogP contribution is -2.04. The maximum Gasteiger partial charge on any atom is 0.416 e. The number of hydrogen-bond acceptors (Lipinski definition) is 4. The van der Waals surface area contributed by atoms with Crippen molar-refractivity contribution in [3.63, 3.8) is 0 Å². The lowest BCUT2D eigenvalue weighted by Gasteiger charge is -2.09. The average molecular weight is 241 g/mol. The van der Waals surface area contributed by atoms with Gasteiger partial charge in [-0.15, -0.1) is 10.2 Å². The van der Waals surface area contributed by atoms with Crippen LogP contribution in [0.3, 0.4) is 0 Å². The van der Waals surface area contributed by atoms with Gasteiger partial charge in [0.05, 0.1) is 11.8 Å². The molecule has 0 aliphatic heterocycles. The van der Waals surface area contributed by atoms with Crippen LogP contribution in [0.1, 0.15) is 5.56 Å². The van der Waals surface area contributed by atoms with Crippen LogP contribution in [0.25, 0.3) is 11.3 Å².